The van der Waals surface area contributed by atoms with Crippen LogP contribution in [0.25, 0.3) is 0 Å². The molecule has 27 heavy (non-hydrogen) atoms. The normalized spacial score (nSPS) is 46.9. The first-order chi connectivity index (χ1) is 12.9. The van der Waals surface area contributed by atoms with Crippen LogP contribution in [0.3, 0.4) is 0 Å². The molecular weight excluding hydrogens is 330 g/mol. The Labute approximate surface area is 165 Å². The highest BCUT2D eigenvalue weighted by molar-refractivity contribution is 5.82. The van der Waals surface area contributed by atoms with E-state index in [1.807, 2.05) is 0 Å². The van der Waals surface area contributed by atoms with Gasteiger partial charge in [-0.15, -0.1) is 0 Å². The predicted octanol–water partition coefficient (Wildman–Crippen LogP) is 5.74. The number of nitrogens with zero attached hydrogens (tertiary/aromatic N) is 1. The van der Waals surface area contributed by atoms with Gasteiger partial charge in [0.25, 0.3) is 0 Å². The van der Waals surface area contributed by atoms with E-state index >= 15 is 0 Å². The van der Waals surface area contributed by atoms with Gasteiger partial charge < -0.3 is 4.90 Å². The summed E-state index contributed by atoms with van der Waals surface area (Å²) in [6.07, 6.45) is 16.0. The fourth-order valence-corrected chi connectivity index (χ4v) is 8.01. The zero-order chi connectivity index (χ0) is 18.8. The van der Waals surface area contributed by atoms with Gasteiger partial charge in [0, 0.05) is 37.0 Å². The third kappa shape index (κ3) is 2.54. The van der Waals surface area contributed by atoms with Crippen molar-refractivity contribution in [2.75, 3.05) is 13.1 Å². The number of allylic oxidation sites excluding steroid dienone is 4. The smallest absolute Gasteiger partial charge is 0.136 e. The van der Waals surface area contributed by atoms with Crippen molar-refractivity contribution in [2.45, 2.75) is 78.6 Å². The Morgan fingerprint density at radius 2 is 1.81 bits per heavy atom. The second-order valence-electron chi connectivity index (χ2n) is 10.8. The van der Waals surface area contributed by atoms with Crippen LogP contribution in [-0.2, 0) is 4.79 Å². The lowest BCUT2D eigenvalue weighted by atomic mass is 9.46. The van der Waals surface area contributed by atoms with Crippen LogP contribution in [0, 0.1) is 34.5 Å². The molecule has 5 aliphatic rings. The molecule has 6 atom stereocenters. The largest absolute Gasteiger partial charge is 0.375 e. The lowest BCUT2D eigenvalue weighted by molar-refractivity contribution is -0.122. The maximum Gasteiger partial charge on any atom is 0.136 e. The van der Waals surface area contributed by atoms with E-state index in [0.717, 1.165) is 37.0 Å². The molecule has 0 bridgehead atoms. The standard InChI is InChI=1S/C25H37NO/c1-17-15-18-16-19(27)9-11-24(18,2)21-10-12-25(3)20(23(17)21)7-8-22(25)26-13-5-4-6-14-26/h8,15,17,20-21,23H,4-7,9-14,16H2,1-3H3/t17-,20-,21-,23-,24-,25-/m0/s1. The summed E-state index contributed by atoms with van der Waals surface area (Å²) in [5.74, 6) is 3.48. The topological polar surface area (TPSA) is 20.3 Å². The van der Waals surface area contributed by atoms with Crippen molar-refractivity contribution in [2.24, 2.45) is 34.5 Å². The molecular formula is C25H37NO. The minimum absolute atomic E-state index is 0.292. The van der Waals surface area contributed by atoms with Crippen LogP contribution < -0.4 is 0 Å². The van der Waals surface area contributed by atoms with Gasteiger partial charge in [-0.3, -0.25) is 4.79 Å². The Morgan fingerprint density at radius 1 is 1.04 bits per heavy atom. The molecule has 1 saturated heterocycles. The van der Waals surface area contributed by atoms with Crippen molar-refractivity contribution in [1.29, 1.82) is 0 Å². The first-order valence-electron chi connectivity index (χ1n) is 11.6. The molecule has 0 aromatic heterocycles. The number of fused-ring (bicyclic) bond motifs is 5. The molecule has 2 saturated carbocycles. The summed E-state index contributed by atoms with van der Waals surface area (Å²) in [6.45, 7) is 10.1. The molecule has 0 unspecified atom stereocenters. The lowest BCUT2D eigenvalue weighted by Gasteiger charge is -2.59. The van der Waals surface area contributed by atoms with E-state index in [4.69, 9.17) is 0 Å². The van der Waals surface area contributed by atoms with Crippen LogP contribution in [0.15, 0.2) is 23.4 Å². The van der Waals surface area contributed by atoms with Crippen LogP contribution in [0.5, 0.6) is 0 Å². The monoisotopic (exact) mass is 367 g/mol. The molecule has 0 aromatic carbocycles. The Balaban J connectivity index is 1.47. The van der Waals surface area contributed by atoms with Crippen LogP contribution in [0.2, 0.25) is 0 Å². The molecule has 0 amide bonds. The van der Waals surface area contributed by atoms with Gasteiger partial charge in [0.2, 0.25) is 0 Å². The fourth-order valence-electron chi connectivity index (χ4n) is 8.01. The van der Waals surface area contributed by atoms with Crippen molar-refractivity contribution in [3.8, 4) is 0 Å². The second-order valence-corrected chi connectivity index (χ2v) is 10.8. The summed E-state index contributed by atoms with van der Waals surface area (Å²) in [5, 5.41) is 0. The summed E-state index contributed by atoms with van der Waals surface area (Å²) in [4.78, 5) is 14.9. The van der Waals surface area contributed by atoms with E-state index < -0.39 is 0 Å². The number of likely N-dealkylation sites (tertiary alicyclic amines) is 1. The van der Waals surface area contributed by atoms with Crippen molar-refractivity contribution in [1.82, 2.24) is 4.90 Å². The molecule has 0 aromatic rings. The Morgan fingerprint density at radius 3 is 2.59 bits per heavy atom. The number of rotatable bonds is 1. The first kappa shape index (κ1) is 18.0. The van der Waals surface area contributed by atoms with Gasteiger partial charge >= 0.3 is 0 Å². The SMILES string of the molecule is C[C@H]1C=C2CC(=O)CC[C@]2(C)[C@H]2CC[C@]3(C)C(N4CCCCC4)=CC[C@H]3[C@H]12. The molecule has 3 fully saturated rings. The molecule has 0 N–H and O–H groups in total. The summed E-state index contributed by atoms with van der Waals surface area (Å²) < 4.78 is 0. The second kappa shape index (κ2) is 6.22. The van der Waals surface area contributed by atoms with E-state index in [9.17, 15) is 4.79 Å². The zero-order valence-electron chi connectivity index (χ0n) is 17.6. The molecule has 2 nitrogen and oxygen atoms in total. The predicted molar refractivity (Wildman–Crippen MR) is 110 cm³/mol. The van der Waals surface area contributed by atoms with Crippen LogP contribution >= 0.6 is 0 Å². The lowest BCUT2D eigenvalue weighted by Crippen LogP contribution is -2.53. The third-order valence-corrected chi connectivity index (χ3v) is 9.50. The van der Waals surface area contributed by atoms with Gasteiger partial charge in [0.05, 0.1) is 0 Å². The van der Waals surface area contributed by atoms with E-state index in [1.165, 1.54) is 57.2 Å². The summed E-state index contributed by atoms with van der Waals surface area (Å²) in [5.41, 5.74) is 3.88. The van der Waals surface area contributed by atoms with Crippen molar-refractivity contribution >= 4 is 5.78 Å². The highest BCUT2D eigenvalue weighted by Gasteiger charge is 2.58. The van der Waals surface area contributed by atoms with E-state index in [2.05, 4.69) is 37.8 Å². The first-order valence-corrected chi connectivity index (χ1v) is 11.6. The molecule has 148 valence electrons. The number of piperidine rings is 1. The number of Topliss-reactive ketones (excluding diaryl/α,β-unsaturated/α-hetero) is 1. The average Bonchev–Trinajstić information content (AvgIpc) is 3.01. The maximum absolute atomic E-state index is 12.1. The van der Waals surface area contributed by atoms with Gasteiger partial charge in [-0.25, -0.2) is 0 Å². The third-order valence-electron chi connectivity index (χ3n) is 9.50. The van der Waals surface area contributed by atoms with Crippen molar-refractivity contribution in [3.05, 3.63) is 23.4 Å². The Kier molecular flexibility index (Phi) is 4.15. The van der Waals surface area contributed by atoms with Crippen LogP contribution in [-0.4, -0.2) is 23.8 Å². The molecule has 1 heterocycles. The Hall–Kier alpha value is -1.05. The highest BCUT2D eigenvalue weighted by atomic mass is 16.1. The van der Waals surface area contributed by atoms with E-state index in [-0.39, 0.29) is 0 Å². The van der Waals surface area contributed by atoms with Crippen molar-refractivity contribution in [3.63, 3.8) is 0 Å². The van der Waals surface area contributed by atoms with Crippen LogP contribution in [0.1, 0.15) is 78.6 Å². The minimum Gasteiger partial charge on any atom is -0.375 e. The fraction of sp³-hybridized carbons (Fsp3) is 0.800. The van der Waals surface area contributed by atoms with Gasteiger partial charge in [-0.05, 0) is 74.0 Å². The van der Waals surface area contributed by atoms with Gasteiger partial charge in [-0.1, -0.05) is 38.5 Å². The molecule has 0 radical (unpaired) electrons. The van der Waals surface area contributed by atoms with Gasteiger partial charge in [0.1, 0.15) is 5.78 Å². The molecule has 4 aliphatic carbocycles. The van der Waals surface area contributed by atoms with Crippen LogP contribution in [0.4, 0.5) is 0 Å². The summed E-state index contributed by atoms with van der Waals surface area (Å²) >= 11 is 0. The number of carbonyl (C=O) groups is 1. The Bertz CT molecular complexity index is 699. The van der Waals surface area contributed by atoms with Crippen molar-refractivity contribution < 1.29 is 4.79 Å². The van der Waals surface area contributed by atoms with E-state index in [1.54, 1.807) is 5.70 Å². The average molecular weight is 368 g/mol. The molecule has 1 aliphatic heterocycles. The number of ketones is 1. The van der Waals surface area contributed by atoms with E-state index in [0.29, 0.717) is 22.5 Å². The maximum atomic E-state index is 12.1. The zero-order valence-corrected chi connectivity index (χ0v) is 17.6. The minimum atomic E-state index is 0.292. The highest BCUT2D eigenvalue weighted by Crippen LogP contribution is 2.66. The molecule has 0 spiro atoms. The number of carbonyl (C=O) groups excluding carboxylic acids is 1. The van der Waals surface area contributed by atoms with Gasteiger partial charge in [0.15, 0.2) is 0 Å². The summed E-state index contributed by atoms with van der Waals surface area (Å²) in [6, 6.07) is 0. The quantitative estimate of drug-likeness (QED) is 0.550. The summed E-state index contributed by atoms with van der Waals surface area (Å²) in [7, 11) is 0. The number of hydrogen-bond acceptors (Lipinski definition) is 2. The van der Waals surface area contributed by atoms with Gasteiger partial charge in [-0.2, -0.15) is 0 Å². The molecule has 2 heteroatoms. The number of hydrogen-bond donors (Lipinski definition) is 0. The molecule has 5 rings (SSSR count).